The van der Waals surface area contributed by atoms with E-state index in [0.29, 0.717) is 11.1 Å². The van der Waals surface area contributed by atoms with E-state index in [1.807, 2.05) is 43.3 Å². The summed E-state index contributed by atoms with van der Waals surface area (Å²) in [6.07, 6.45) is 0. The smallest absolute Gasteiger partial charge is 0.252 e. The molecule has 100 valence electrons. The van der Waals surface area contributed by atoms with Crippen molar-refractivity contribution < 1.29 is 4.79 Å². The van der Waals surface area contributed by atoms with Gasteiger partial charge in [-0.1, -0.05) is 24.3 Å². The number of nitrogens with zero attached hydrogens (tertiary/aromatic N) is 1. The van der Waals surface area contributed by atoms with Crippen LogP contribution in [0.15, 0.2) is 48.5 Å². The number of rotatable bonds is 3. The van der Waals surface area contributed by atoms with Gasteiger partial charge in [-0.25, -0.2) is 0 Å². The van der Waals surface area contributed by atoms with Gasteiger partial charge in [0.25, 0.3) is 5.91 Å². The Hall–Kier alpha value is -1.87. The van der Waals surface area contributed by atoms with E-state index in [2.05, 4.69) is 34.0 Å². The summed E-state index contributed by atoms with van der Waals surface area (Å²) in [7, 11) is 0. The molecule has 2 rings (SSSR count). The standard InChI is InChI=1S/C16H13IN2O/c1-11(13-8-6-12(10-18)7-9-13)19-16(20)14-4-2-3-5-15(14)17/h2-9,11H,1H3,(H,19,20). The summed E-state index contributed by atoms with van der Waals surface area (Å²) in [6.45, 7) is 1.93. The minimum atomic E-state index is -0.105. The molecule has 0 aliphatic carbocycles. The van der Waals surface area contributed by atoms with Gasteiger partial charge in [0.2, 0.25) is 0 Å². The first-order chi connectivity index (χ1) is 9.61. The molecule has 1 amide bonds. The first-order valence-electron chi connectivity index (χ1n) is 6.17. The highest BCUT2D eigenvalue weighted by Crippen LogP contribution is 2.16. The molecule has 0 saturated heterocycles. The Morgan fingerprint density at radius 2 is 1.85 bits per heavy atom. The molecule has 1 N–H and O–H groups in total. The second-order valence-electron chi connectivity index (χ2n) is 4.41. The van der Waals surface area contributed by atoms with Crippen LogP contribution in [0.5, 0.6) is 0 Å². The predicted octanol–water partition coefficient (Wildman–Crippen LogP) is 3.65. The highest BCUT2D eigenvalue weighted by molar-refractivity contribution is 14.1. The number of amides is 1. The Bertz CT molecular complexity index is 659. The zero-order valence-corrected chi connectivity index (χ0v) is 13.1. The normalized spacial score (nSPS) is 11.4. The maximum absolute atomic E-state index is 12.2. The lowest BCUT2D eigenvalue weighted by Gasteiger charge is -2.15. The average Bonchev–Trinajstić information content (AvgIpc) is 2.47. The molecule has 0 aliphatic rings. The third kappa shape index (κ3) is 3.36. The van der Waals surface area contributed by atoms with Gasteiger partial charge < -0.3 is 5.32 Å². The molecule has 0 fully saturated rings. The van der Waals surface area contributed by atoms with E-state index in [-0.39, 0.29) is 11.9 Å². The van der Waals surface area contributed by atoms with E-state index in [1.165, 1.54) is 0 Å². The van der Waals surface area contributed by atoms with E-state index < -0.39 is 0 Å². The van der Waals surface area contributed by atoms with Crippen LogP contribution in [-0.4, -0.2) is 5.91 Å². The minimum Gasteiger partial charge on any atom is -0.345 e. The van der Waals surface area contributed by atoms with Gasteiger partial charge >= 0.3 is 0 Å². The van der Waals surface area contributed by atoms with Crippen molar-refractivity contribution in [1.29, 1.82) is 5.26 Å². The van der Waals surface area contributed by atoms with Gasteiger partial charge in [0.1, 0.15) is 0 Å². The number of carbonyl (C=O) groups excluding carboxylic acids is 1. The summed E-state index contributed by atoms with van der Waals surface area (Å²) >= 11 is 2.15. The average molecular weight is 376 g/mol. The number of carbonyl (C=O) groups is 1. The summed E-state index contributed by atoms with van der Waals surface area (Å²) < 4.78 is 0.926. The molecule has 0 radical (unpaired) electrons. The minimum absolute atomic E-state index is 0.0909. The van der Waals surface area contributed by atoms with Crippen molar-refractivity contribution in [3.8, 4) is 6.07 Å². The Kier molecular flexibility index (Phi) is 4.74. The molecule has 1 atom stereocenters. The van der Waals surface area contributed by atoms with Gasteiger partial charge in [-0.2, -0.15) is 5.26 Å². The summed E-state index contributed by atoms with van der Waals surface area (Å²) in [6, 6.07) is 16.7. The zero-order valence-electron chi connectivity index (χ0n) is 10.9. The van der Waals surface area contributed by atoms with Crippen molar-refractivity contribution in [3.63, 3.8) is 0 Å². The molecule has 20 heavy (non-hydrogen) atoms. The lowest BCUT2D eigenvalue weighted by molar-refractivity contribution is 0.0939. The predicted molar refractivity (Wildman–Crippen MR) is 86.2 cm³/mol. The fourth-order valence-electron chi connectivity index (χ4n) is 1.85. The van der Waals surface area contributed by atoms with Crippen LogP contribution < -0.4 is 5.32 Å². The number of nitrogens with one attached hydrogen (secondary N) is 1. The van der Waals surface area contributed by atoms with Gasteiger partial charge in [0, 0.05) is 3.57 Å². The van der Waals surface area contributed by atoms with Gasteiger partial charge in [0.15, 0.2) is 0 Å². The molecule has 2 aromatic rings. The Balaban J connectivity index is 2.11. The maximum atomic E-state index is 12.2. The highest BCUT2D eigenvalue weighted by Gasteiger charge is 2.13. The fraction of sp³-hybridized carbons (Fsp3) is 0.125. The van der Waals surface area contributed by atoms with Crippen molar-refractivity contribution in [2.45, 2.75) is 13.0 Å². The van der Waals surface area contributed by atoms with Crippen molar-refractivity contribution in [3.05, 3.63) is 68.8 Å². The fourth-order valence-corrected chi connectivity index (χ4v) is 2.48. The molecule has 1 unspecified atom stereocenters. The van der Waals surface area contributed by atoms with Crippen molar-refractivity contribution in [2.75, 3.05) is 0 Å². The van der Waals surface area contributed by atoms with Crippen molar-refractivity contribution in [2.24, 2.45) is 0 Å². The number of hydrogen-bond donors (Lipinski definition) is 1. The van der Waals surface area contributed by atoms with E-state index in [1.54, 1.807) is 12.1 Å². The molecule has 2 aromatic carbocycles. The van der Waals surface area contributed by atoms with E-state index >= 15 is 0 Å². The summed E-state index contributed by atoms with van der Waals surface area (Å²) in [5.74, 6) is -0.0909. The number of hydrogen-bond acceptors (Lipinski definition) is 2. The second kappa shape index (κ2) is 6.53. The van der Waals surface area contributed by atoms with Gasteiger partial charge in [-0.05, 0) is 59.3 Å². The lowest BCUT2D eigenvalue weighted by atomic mass is 10.1. The van der Waals surface area contributed by atoms with E-state index in [0.717, 1.165) is 9.13 Å². The largest absolute Gasteiger partial charge is 0.345 e. The van der Waals surface area contributed by atoms with Crippen LogP contribution in [0.4, 0.5) is 0 Å². The molecular weight excluding hydrogens is 363 g/mol. The number of benzene rings is 2. The summed E-state index contributed by atoms with van der Waals surface area (Å²) in [5.41, 5.74) is 2.27. The van der Waals surface area contributed by atoms with Crippen molar-refractivity contribution >= 4 is 28.5 Å². The van der Waals surface area contributed by atoms with Crippen LogP contribution >= 0.6 is 22.6 Å². The molecule has 0 heterocycles. The first-order valence-corrected chi connectivity index (χ1v) is 7.25. The SMILES string of the molecule is CC(NC(=O)c1ccccc1I)c1ccc(C#N)cc1. The Morgan fingerprint density at radius 1 is 1.20 bits per heavy atom. The topological polar surface area (TPSA) is 52.9 Å². The molecule has 0 bridgehead atoms. The molecule has 4 heteroatoms. The zero-order chi connectivity index (χ0) is 14.5. The van der Waals surface area contributed by atoms with Crippen LogP contribution in [0, 0.1) is 14.9 Å². The quantitative estimate of drug-likeness (QED) is 0.832. The molecule has 0 spiro atoms. The van der Waals surface area contributed by atoms with Gasteiger partial charge in [-0.15, -0.1) is 0 Å². The van der Waals surface area contributed by atoms with Crippen LogP contribution in [0.2, 0.25) is 0 Å². The van der Waals surface area contributed by atoms with Crippen LogP contribution in [-0.2, 0) is 0 Å². The van der Waals surface area contributed by atoms with Gasteiger partial charge in [-0.3, -0.25) is 4.79 Å². The molecule has 3 nitrogen and oxygen atoms in total. The Labute approximate surface area is 131 Å². The van der Waals surface area contributed by atoms with E-state index in [4.69, 9.17) is 5.26 Å². The summed E-state index contributed by atoms with van der Waals surface area (Å²) in [5, 5.41) is 11.7. The van der Waals surface area contributed by atoms with Gasteiger partial charge in [0.05, 0.1) is 23.2 Å². The highest BCUT2D eigenvalue weighted by atomic mass is 127. The third-order valence-corrected chi connectivity index (χ3v) is 3.95. The summed E-state index contributed by atoms with van der Waals surface area (Å²) in [4.78, 5) is 12.2. The lowest BCUT2D eigenvalue weighted by Crippen LogP contribution is -2.27. The molecule has 0 saturated carbocycles. The monoisotopic (exact) mass is 376 g/mol. The number of halogens is 1. The van der Waals surface area contributed by atoms with Crippen LogP contribution in [0.25, 0.3) is 0 Å². The third-order valence-electron chi connectivity index (χ3n) is 3.01. The molecule has 0 aliphatic heterocycles. The Morgan fingerprint density at radius 3 is 2.45 bits per heavy atom. The van der Waals surface area contributed by atoms with Crippen molar-refractivity contribution in [1.82, 2.24) is 5.32 Å². The first kappa shape index (κ1) is 14.5. The maximum Gasteiger partial charge on any atom is 0.252 e. The molecule has 0 aromatic heterocycles. The van der Waals surface area contributed by atoms with E-state index in [9.17, 15) is 4.79 Å². The number of nitriles is 1. The molecular formula is C16H13IN2O. The van der Waals surface area contributed by atoms with Crippen LogP contribution in [0.1, 0.15) is 34.5 Å². The van der Waals surface area contributed by atoms with Crippen LogP contribution in [0.3, 0.4) is 0 Å². The second-order valence-corrected chi connectivity index (χ2v) is 5.57.